The molecule has 0 aliphatic carbocycles. The second kappa shape index (κ2) is 4.98. The Kier molecular flexibility index (Phi) is 3.16. The summed E-state index contributed by atoms with van der Waals surface area (Å²) in [5.74, 6) is -0.980. The number of carboxylic acids is 1. The standard InChI is InChI=1S/C15H11ClN2O2/c16-12-7-10(15(19)20)5-6-11(12)8-18-9-17-13-3-1-2-4-14(13)18/h1-7,9H,8H2,(H,19,20). The van der Waals surface area contributed by atoms with Crippen LogP contribution < -0.4 is 0 Å². The lowest BCUT2D eigenvalue weighted by atomic mass is 10.1. The molecule has 0 fully saturated rings. The number of nitrogens with zero attached hydrogens (tertiary/aromatic N) is 2. The summed E-state index contributed by atoms with van der Waals surface area (Å²) in [5.41, 5.74) is 2.99. The highest BCUT2D eigenvalue weighted by Gasteiger charge is 2.09. The summed E-state index contributed by atoms with van der Waals surface area (Å²) in [6, 6.07) is 12.6. The minimum Gasteiger partial charge on any atom is -0.478 e. The first kappa shape index (κ1) is 12.7. The first-order chi connectivity index (χ1) is 9.65. The monoisotopic (exact) mass is 286 g/mol. The predicted molar refractivity (Wildman–Crippen MR) is 77.2 cm³/mol. The van der Waals surface area contributed by atoms with Gasteiger partial charge in [-0.1, -0.05) is 29.8 Å². The van der Waals surface area contributed by atoms with Crippen LogP contribution in [0.5, 0.6) is 0 Å². The molecule has 0 aliphatic rings. The molecule has 5 heteroatoms. The number of carboxylic acid groups (broad SMARTS) is 1. The van der Waals surface area contributed by atoms with Crippen LogP contribution in [0.1, 0.15) is 15.9 Å². The number of fused-ring (bicyclic) bond motifs is 1. The van der Waals surface area contributed by atoms with E-state index in [1.54, 1.807) is 18.5 Å². The number of para-hydroxylation sites is 2. The SMILES string of the molecule is O=C(O)c1ccc(Cn2cnc3ccccc32)c(Cl)c1. The number of hydrogen-bond acceptors (Lipinski definition) is 2. The van der Waals surface area contributed by atoms with E-state index < -0.39 is 5.97 Å². The van der Waals surface area contributed by atoms with Crippen molar-refractivity contribution < 1.29 is 9.90 Å². The fourth-order valence-corrected chi connectivity index (χ4v) is 2.37. The normalized spacial score (nSPS) is 10.8. The van der Waals surface area contributed by atoms with Crippen LogP contribution in [-0.4, -0.2) is 20.6 Å². The van der Waals surface area contributed by atoms with Crippen LogP contribution >= 0.6 is 11.6 Å². The average Bonchev–Trinajstić information content (AvgIpc) is 2.84. The van der Waals surface area contributed by atoms with Gasteiger partial charge in [-0.3, -0.25) is 0 Å². The minimum absolute atomic E-state index is 0.189. The summed E-state index contributed by atoms with van der Waals surface area (Å²) in [7, 11) is 0. The van der Waals surface area contributed by atoms with E-state index in [4.69, 9.17) is 16.7 Å². The topological polar surface area (TPSA) is 55.1 Å². The van der Waals surface area contributed by atoms with Crippen LogP contribution in [0.3, 0.4) is 0 Å². The van der Waals surface area contributed by atoms with Gasteiger partial charge in [0, 0.05) is 5.02 Å². The fraction of sp³-hybridized carbons (Fsp3) is 0.0667. The molecule has 3 aromatic rings. The number of hydrogen-bond donors (Lipinski definition) is 1. The molecule has 1 N–H and O–H groups in total. The second-order valence-corrected chi connectivity index (χ2v) is 4.88. The van der Waals surface area contributed by atoms with Crippen LogP contribution in [0.15, 0.2) is 48.8 Å². The molecule has 4 nitrogen and oxygen atoms in total. The van der Waals surface area contributed by atoms with Gasteiger partial charge in [0.25, 0.3) is 0 Å². The van der Waals surface area contributed by atoms with Gasteiger partial charge in [0.15, 0.2) is 0 Å². The maximum Gasteiger partial charge on any atom is 0.335 e. The van der Waals surface area contributed by atoms with Gasteiger partial charge < -0.3 is 9.67 Å². The maximum absolute atomic E-state index is 10.9. The second-order valence-electron chi connectivity index (χ2n) is 4.47. The Bertz CT molecular complexity index is 795. The number of imidazole rings is 1. The zero-order valence-electron chi connectivity index (χ0n) is 10.5. The summed E-state index contributed by atoms with van der Waals surface area (Å²) in [5, 5.41) is 9.37. The number of benzene rings is 2. The first-order valence-corrected chi connectivity index (χ1v) is 6.44. The van der Waals surface area contributed by atoms with Crippen molar-refractivity contribution in [3.63, 3.8) is 0 Å². The lowest BCUT2D eigenvalue weighted by Gasteiger charge is -2.07. The molecule has 0 saturated carbocycles. The number of rotatable bonds is 3. The molecule has 0 saturated heterocycles. The Morgan fingerprint density at radius 3 is 2.80 bits per heavy atom. The van der Waals surface area contributed by atoms with Crippen LogP contribution in [0.4, 0.5) is 0 Å². The Balaban J connectivity index is 1.97. The Morgan fingerprint density at radius 1 is 1.25 bits per heavy atom. The summed E-state index contributed by atoms with van der Waals surface area (Å²) in [6.07, 6.45) is 1.76. The molecular formula is C15H11ClN2O2. The quantitative estimate of drug-likeness (QED) is 0.802. The van der Waals surface area contributed by atoms with Gasteiger partial charge in [0.05, 0.1) is 29.5 Å². The molecule has 0 aliphatic heterocycles. The maximum atomic E-state index is 10.9. The molecule has 20 heavy (non-hydrogen) atoms. The van der Waals surface area contributed by atoms with E-state index in [0.717, 1.165) is 16.6 Å². The van der Waals surface area contributed by atoms with Crippen LogP contribution in [0.2, 0.25) is 5.02 Å². The molecule has 1 aromatic heterocycles. The molecule has 1 heterocycles. The highest BCUT2D eigenvalue weighted by molar-refractivity contribution is 6.31. The van der Waals surface area contributed by atoms with E-state index >= 15 is 0 Å². The molecule has 0 radical (unpaired) electrons. The minimum atomic E-state index is -0.980. The van der Waals surface area contributed by atoms with Crippen LogP contribution in [0, 0.1) is 0 Å². The Morgan fingerprint density at radius 2 is 2.05 bits per heavy atom. The largest absolute Gasteiger partial charge is 0.478 e. The fourth-order valence-electron chi connectivity index (χ4n) is 2.13. The molecule has 3 rings (SSSR count). The van der Waals surface area contributed by atoms with E-state index in [1.165, 1.54) is 6.07 Å². The number of halogens is 1. The highest BCUT2D eigenvalue weighted by Crippen LogP contribution is 2.21. The molecular weight excluding hydrogens is 276 g/mol. The van der Waals surface area contributed by atoms with Crippen molar-refractivity contribution in [3.05, 3.63) is 64.9 Å². The lowest BCUT2D eigenvalue weighted by Crippen LogP contribution is -2.01. The zero-order valence-corrected chi connectivity index (χ0v) is 11.2. The van der Waals surface area contributed by atoms with Crippen molar-refractivity contribution >= 4 is 28.6 Å². The highest BCUT2D eigenvalue weighted by atomic mass is 35.5. The van der Waals surface area contributed by atoms with Gasteiger partial charge in [-0.2, -0.15) is 0 Å². The molecule has 2 aromatic carbocycles. The number of carbonyl (C=O) groups is 1. The Hall–Kier alpha value is -2.33. The van der Waals surface area contributed by atoms with Crippen molar-refractivity contribution in [1.29, 1.82) is 0 Å². The summed E-state index contributed by atoms with van der Waals surface area (Å²) in [6.45, 7) is 0.555. The van der Waals surface area contributed by atoms with E-state index in [9.17, 15) is 4.79 Å². The van der Waals surface area contributed by atoms with Crippen molar-refractivity contribution in [1.82, 2.24) is 9.55 Å². The molecule has 0 bridgehead atoms. The summed E-state index contributed by atoms with van der Waals surface area (Å²) >= 11 is 6.14. The third-order valence-electron chi connectivity index (χ3n) is 3.17. The molecule has 0 spiro atoms. The summed E-state index contributed by atoms with van der Waals surface area (Å²) in [4.78, 5) is 15.2. The van der Waals surface area contributed by atoms with Gasteiger partial charge in [0.1, 0.15) is 0 Å². The van der Waals surface area contributed by atoms with E-state index in [2.05, 4.69) is 4.98 Å². The Labute approximate surface area is 120 Å². The van der Waals surface area contributed by atoms with Gasteiger partial charge >= 0.3 is 5.97 Å². The summed E-state index contributed by atoms with van der Waals surface area (Å²) < 4.78 is 1.98. The van der Waals surface area contributed by atoms with Crippen molar-refractivity contribution in [2.75, 3.05) is 0 Å². The molecule has 100 valence electrons. The van der Waals surface area contributed by atoms with Crippen LogP contribution in [0.25, 0.3) is 11.0 Å². The van der Waals surface area contributed by atoms with Gasteiger partial charge in [-0.05, 0) is 29.8 Å². The van der Waals surface area contributed by atoms with Gasteiger partial charge in [0.2, 0.25) is 0 Å². The molecule has 0 atom stereocenters. The third kappa shape index (κ3) is 2.26. The van der Waals surface area contributed by atoms with Crippen molar-refractivity contribution in [2.45, 2.75) is 6.54 Å². The van der Waals surface area contributed by atoms with E-state index in [-0.39, 0.29) is 5.56 Å². The smallest absolute Gasteiger partial charge is 0.335 e. The zero-order chi connectivity index (χ0) is 14.1. The van der Waals surface area contributed by atoms with Crippen molar-refractivity contribution in [2.24, 2.45) is 0 Å². The number of aromatic carboxylic acids is 1. The lowest BCUT2D eigenvalue weighted by molar-refractivity contribution is 0.0697. The van der Waals surface area contributed by atoms with Crippen LogP contribution in [-0.2, 0) is 6.54 Å². The average molecular weight is 287 g/mol. The van der Waals surface area contributed by atoms with E-state index in [1.807, 2.05) is 28.8 Å². The van der Waals surface area contributed by atoms with E-state index in [0.29, 0.717) is 11.6 Å². The number of aromatic nitrogens is 2. The molecule has 0 amide bonds. The van der Waals surface area contributed by atoms with Gasteiger partial charge in [-0.15, -0.1) is 0 Å². The predicted octanol–water partition coefficient (Wildman–Crippen LogP) is 3.44. The third-order valence-corrected chi connectivity index (χ3v) is 3.52. The van der Waals surface area contributed by atoms with Crippen molar-refractivity contribution in [3.8, 4) is 0 Å². The first-order valence-electron chi connectivity index (χ1n) is 6.07. The van der Waals surface area contributed by atoms with Gasteiger partial charge in [-0.25, -0.2) is 9.78 Å². The molecule has 0 unspecified atom stereocenters.